The first kappa shape index (κ1) is 12.5. The van der Waals surface area contributed by atoms with Crippen LogP contribution in [0.5, 0.6) is 5.75 Å². The molecule has 2 rings (SSSR count). The van der Waals surface area contributed by atoms with Crippen LogP contribution in [0.25, 0.3) is 11.0 Å². The van der Waals surface area contributed by atoms with E-state index in [1.54, 1.807) is 26.2 Å². The smallest absolute Gasteiger partial charge is 0.338 e. The summed E-state index contributed by atoms with van der Waals surface area (Å²) in [6.45, 7) is 5.97. The first-order valence-electron chi connectivity index (χ1n) is 5.83. The molecule has 0 aliphatic rings. The van der Waals surface area contributed by atoms with Crippen LogP contribution in [-0.2, 0) is 4.74 Å². The zero-order valence-corrected chi connectivity index (χ0v) is 11.0. The largest absolute Gasteiger partial charge is 0.493 e. The molecule has 0 radical (unpaired) electrons. The highest BCUT2D eigenvalue weighted by Crippen LogP contribution is 2.33. The van der Waals surface area contributed by atoms with Crippen molar-refractivity contribution >= 4 is 16.9 Å². The number of aryl methyl sites for hydroxylation is 2. The molecule has 2 aromatic rings. The molecule has 1 aromatic heterocycles. The summed E-state index contributed by atoms with van der Waals surface area (Å²) in [5.41, 5.74) is 2.15. The van der Waals surface area contributed by atoms with Crippen molar-refractivity contribution in [2.24, 2.45) is 0 Å². The lowest BCUT2D eigenvalue weighted by Gasteiger charge is -2.05. The average Bonchev–Trinajstić information content (AvgIpc) is 2.65. The van der Waals surface area contributed by atoms with E-state index in [0.717, 1.165) is 16.7 Å². The van der Waals surface area contributed by atoms with Gasteiger partial charge < -0.3 is 13.9 Å². The van der Waals surface area contributed by atoms with E-state index < -0.39 is 0 Å². The van der Waals surface area contributed by atoms with Gasteiger partial charge in [-0.15, -0.1) is 0 Å². The molecular weight excluding hydrogens is 232 g/mol. The van der Waals surface area contributed by atoms with Gasteiger partial charge in [-0.25, -0.2) is 4.79 Å². The summed E-state index contributed by atoms with van der Waals surface area (Å²) in [4.78, 5) is 11.8. The molecule has 0 unspecified atom stereocenters. The lowest BCUT2D eigenvalue weighted by Crippen LogP contribution is -2.04. The third kappa shape index (κ3) is 1.94. The fourth-order valence-corrected chi connectivity index (χ4v) is 1.89. The van der Waals surface area contributed by atoms with Crippen LogP contribution in [0.1, 0.15) is 28.6 Å². The highest BCUT2D eigenvalue weighted by atomic mass is 16.5. The number of carbonyl (C=O) groups is 1. The lowest BCUT2D eigenvalue weighted by atomic mass is 10.1. The minimum absolute atomic E-state index is 0.350. The van der Waals surface area contributed by atoms with Crippen LogP contribution >= 0.6 is 0 Å². The van der Waals surface area contributed by atoms with Gasteiger partial charge in [0.15, 0.2) is 11.3 Å². The number of carbonyl (C=O) groups excluding carboxylic acids is 1. The number of ether oxygens (including phenoxy) is 2. The van der Waals surface area contributed by atoms with Gasteiger partial charge in [-0.3, -0.25) is 0 Å². The maximum absolute atomic E-state index is 11.8. The molecule has 0 spiro atoms. The molecule has 0 N–H and O–H groups in total. The summed E-state index contributed by atoms with van der Waals surface area (Å²) in [5.74, 6) is 1.02. The Hall–Kier alpha value is -1.97. The maximum atomic E-state index is 11.8. The quantitative estimate of drug-likeness (QED) is 0.782. The summed E-state index contributed by atoms with van der Waals surface area (Å²) < 4.78 is 15.9. The highest BCUT2D eigenvalue weighted by molar-refractivity contribution is 5.97. The van der Waals surface area contributed by atoms with Gasteiger partial charge in [0.25, 0.3) is 0 Å². The maximum Gasteiger partial charge on any atom is 0.338 e. The minimum Gasteiger partial charge on any atom is -0.493 e. The number of furan rings is 1. The van der Waals surface area contributed by atoms with Crippen LogP contribution in [-0.4, -0.2) is 19.7 Å². The van der Waals surface area contributed by atoms with Crippen molar-refractivity contribution in [2.45, 2.75) is 20.8 Å². The van der Waals surface area contributed by atoms with Crippen LogP contribution in [0, 0.1) is 13.8 Å². The van der Waals surface area contributed by atoms with E-state index in [1.165, 1.54) is 0 Å². The Bertz CT molecular complexity index is 595. The third-order valence-corrected chi connectivity index (χ3v) is 2.97. The Morgan fingerprint density at radius 3 is 2.67 bits per heavy atom. The molecule has 0 saturated heterocycles. The number of methoxy groups -OCH3 is 1. The standard InChI is InChI=1S/C14H16O4/c1-5-17-14(15)10-6-11-8(2)9(3)18-13(11)12(7-10)16-4/h6-7H,5H2,1-4H3. The van der Waals surface area contributed by atoms with Crippen molar-refractivity contribution in [3.8, 4) is 5.75 Å². The molecule has 18 heavy (non-hydrogen) atoms. The molecule has 4 heteroatoms. The zero-order valence-electron chi connectivity index (χ0n) is 11.0. The Balaban J connectivity index is 2.64. The van der Waals surface area contributed by atoms with Gasteiger partial charge in [-0.05, 0) is 38.5 Å². The summed E-state index contributed by atoms with van der Waals surface area (Å²) in [6.07, 6.45) is 0. The molecule has 96 valence electrons. The first-order chi connectivity index (χ1) is 8.58. The van der Waals surface area contributed by atoms with Gasteiger partial charge >= 0.3 is 5.97 Å². The van der Waals surface area contributed by atoms with E-state index in [-0.39, 0.29) is 5.97 Å². The normalized spacial score (nSPS) is 10.7. The van der Waals surface area contributed by atoms with Crippen LogP contribution in [0.2, 0.25) is 0 Å². The van der Waals surface area contributed by atoms with Crippen molar-refractivity contribution in [3.05, 3.63) is 29.0 Å². The van der Waals surface area contributed by atoms with E-state index >= 15 is 0 Å². The number of benzene rings is 1. The minimum atomic E-state index is -0.351. The van der Waals surface area contributed by atoms with Crippen molar-refractivity contribution in [3.63, 3.8) is 0 Å². The predicted octanol–water partition coefficient (Wildman–Crippen LogP) is 3.23. The average molecular weight is 248 g/mol. The van der Waals surface area contributed by atoms with Gasteiger partial charge in [0.1, 0.15) is 5.76 Å². The number of hydrogen-bond donors (Lipinski definition) is 0. The molecule has 0 aliphatic carbocycles. The number of fused-ring (bicyclic) bond motifs is 1. The molecular formula is C14H16O4. The number of rotatable bonds is 3. The molecule has 4 nitrogen and oxygen atoms in total. The van der Waals surface area contributed by atoms with Crippen LogP contribution in [0.3, 0.4) is 0 Å². The van der Waals surface area contributed by atoms with Crippen LogP contribution in [0.15, 0.2) is 16.5 Å². The van der Waals surface area contributed by atoms with Crippen molar-refractivity contribution in [2.75, 3.05) is 13.7 Å². The SMILES string of the molecule is CCOC(=O)c1cc(OC)c2oc(C)c(C)c2c1. The van der Waals surface area contributed by atoms with E-state index in [4.69, 9.17) is 13.9 Å². The fraction of sp³-hybridized carbons (Fsp3) is 0.357. The summed E-state index contributed by atoms with van der Waals surface area (Å²) in [6, 6.07) is 3.42. The van der Waals surface area contributed by atoms with Gasteiger partial charge in [0.05, 0.1) is 19.3 Å². The highest BCUT2D eigenvalue weighted by Gasteiger charge is 2.17. The second-order valence-corrected chi connectivity index (χ2v) is 4.06. The Labute approximate surface area is 105 Å². The Morgan fingerprint density at radius 1 is 1.33 bits per heavy atom. The Kier molecular flexibility index (Phi) is 3.28. The molecule has 0 atom stereocenters. The second kappa shape index (κ2) is 4.72. The van der Waals surface area contributed by atoms with Crippen LogP contribution in [0.4, 0.5) is 0 Å². The molecule has 0 bridgehead atoms. The van der Waals surface area contributed by atoms with Crippen LogP contribution < -0.4 is 4.74 Å². The topological polar surface area (TPSA) is 48.7 Å². The Morgan fingerprint density at radius 2 is 2.06 bits per heavy atom. The van der Waals surface area contributed by atoms with Gasteiger partial charge in [-0.2, -0.15) is 0 Å². The van der Waals surface area contributed by atoms with Crippen molar-refractivity contribution in [1.82, 2.24) is 0 Å². The van der Waals surface area contributed by atoms with E-state index in [9.17, 15) is 4.79 Å². The molecule has 1 heterocycles. The van der Waals surface area contributed by atoms with Gasteiger partial charge in [0, 0.05) is 5.39 Å². The molecule has 0 aliphatic heterocycles. The molecule has 1 aromatic carbocycles. The van der Waals surface area contributed by atoms with Crippen molar-refractivity contribution in [1.29, 1.82) is 0 Å². The predicted molar refractivity (Wildman–Crippen MR) is 68.2 cm³/mol. The number of esters is 1. The van der Waals surface area contributed by atoms with Crippen molar-refractivity contribution < 1.29 is 18.7 Å². The monoisotopic (exact) mass is 248 g/mol. The van der Waals surface area contributed by atoms with E-state index in [0.29, 0.717) is 23.5 Å². The first-order valence-corrected chi connectivity index (χ1v) is 5.83. The van der Waals surface area contributed by atoms with Gasteiger partial charge in [-0.1, -0.05) is 0 Å². The summed E-state index contributed by atoms with van der Waals surface area (Å²) in [7, 11) is 1.55. The van der Waals surface area contributed by atoms with Gasteiger partial charge in [0.2, 0.25) is 0 Å². The zero-order chi connectivity index (χ0) is 13.3. The third-order valence-electron chi connectivity index (χ3n) is 2.97. The summed E-state index contributed by atoms with van der Waals surface area (Å²) >= 11 is 0. The van der Waals surface area contributed by atoms with E-state index in [1.807, 2.05) is 13.8 Å². The number of hydrogen-bond acceptors (Lipinski definition) is 4. The lowest BCUT2D eigenvalue weighted by molar-refractivity contribution is 0.0526. The molecule has 0 amide bonds. The molecule has 0 fully saturated rings. The summed E-state index contributed by atoms with van der Waals surface area (Å²) in [5, 5.41) is 0.884. The fourth-order valence-electron chi connectivity index (χ4n) is 1.89. The van der Waals surface area contributed by atoms with E-state index in [2.05, 4.69) is 0 Å². The second-order valence-electron chi connectivity index (χ2n) is 4.06. The molecule has 0 saturated carbocycles.